The maximum absolute atomic E-state index is 14.3. The molecule has 2 N–H and O–H groups in total. The fourth-order valence-electron chi connectivity index (χ4n) is 8.89. The van der Waals surface area contributed by atoms with Crippen LogP contribution < -0.4 is 21.8 Å². The predicted molar refractivity (Wildman–Crippen MR) is 168 cm³/mol. The number of carbonyl (C=O) groups excluding carboxylic acids is 2. The van der Waals surface area contributed by atoms with Gasteiger partial charge in [-0.1, -0.05) is 31.2 Å². The zero-order chi connectivity index (χ0) is 32.6. The lowest BCUT2D eigenvalue weighted by Gasteiger charge is -2.55. The van der Waals surface area contributed by atoms with Gasteiger partial charge in [0, 0.05) is 36.5 Å². The van der Waals surface area contributed by atoms with E-state index in [9.17, 15) is 33.3 Å². The van der Waals surface area contributed by atoms with Crippen molar-refractivity contribution in [2.45, 2.75) is 43.7 Å². The summed E-state index contributed by atoms with van der Waals surface area (Å²) < 4.78 is 32.0. The highest BCUT2D eigenvalue weighted by Gasteiger charge is 2.59. The van der Waals surface area contributed by atoms with Crippen molar-refractivity contribution in [2.75, 3.05) is 69.8 Å². The van der Waals surface area contributed by atoms with Gasteiger partial charge in [0.05, 0.1) is 59.9 Å². The number of nitrogens with zero attached hydrogens (tertiary/aromatic N) is 4. The predicted octanol–water partition coefficient (Wildman–Crippen LogP) is -2.69. The number of β-lactam (4-membered cyclic amide) rings is 1. The molecule has 4 saturated heterocycles. The molecule has 13 heteroatoms. The van der Waals surface area contributed by atoms with Crippen LogP contribution >= 0.6 is 0 Å². The number of carboxylic acids is 1. The second-order valence-corrected chi connectivity index (χ2v) is 15.9. The largest absolute Gasteiger partial charge is 1.00 e. The Hall–Kier alpha value is -3.00. The van der Waals surface area contributed by atoms with Gasteiger partial charge in [0.2, 0.25) is 5.91 Å². The second-order valence-electron chi connectivity index (χ2n) is 14.1. The van der Waals surface area contributed by atoms with Gasteiger partial charge < -0.3 is 46.4 Å². The first-order chi connectivity index (χ1) is 21.9. The van der Waals surface area contributed by atoms with E-state index in [1.807, 2.05) is 24.3 Å². The molecule has 6 aliphatic heterocycles. The van der Waals surface area contributed by atoms with Crippen LogP contribution in [0, 0.1) is 11.8 Å². The molecule has 2 aromatic rings. The van der Waals surface area contributed by atoms with E-state index in [4.69, 9.17) is 0 Å². The van der Waals surface area contributed by atoms with Crippen molar-refractivity contribution in [2.24, 2.45) is 11.8 Å². The highest BCUT2D eigenvalue weighted by molar-refractivity contribution is 7.93. The Morgan fingerprint density at radius 2 is 1.66 bits per heavy atom. The van der Waals surface area contributed by atoms with Crippen LogP contribution in [-0.4, -0.2) is 122 Å². The topological polar surface area (TPSA) is 138 Å². The Balaban J connectivity index is 0.00000386. The minimum Gasteiger partial charge on any atom is -1.00 e. The number of carbonyl (C=O) groups is 2. The standard InChI is InChI=1S/C34H43N4O7S.ClH/c1-22-27(32(34(42)43)36-31(22)30(23(2)40)33(36)41)21-35-28-7-4-3-6-25(28)26-20-24(8-9-29(26)46(35,44)45)10-12-38-16-13-37(14-17-38,15-18-38)11-5-19-39;/h3-4,6-9,20,22-23,30-31,39-40H,5,10-19,21H2,1-2H3;1H/q+1;/p-1/t22-,23+,30+,31+,37?,38?;/m0./s1. The smallest absolute Gasteiger partial charge is 0.265 e. The van der Waals surface area contributed by atoms with Crippen LogP contribution in [0.4, 0.5) is 5.69 Å². The molecule has 0 saturated carbocycles. The molecule has 11 nitrogen and oxygen atoms in total. The third kappa shape index (κ3) is 5.28. The van der Waals surface area contributed by atoms with Crippen LogP contribution in [0.2, 0.25) is 0 Å². The summed E-state index contributed by atoms with van der Waals surface area (Å²) in [6.45, 7) is 12.2. The zero-order valence-electron chi connectivity index (χ0n) is 26.8. The SMILES string of the molecule is C[C@@H](O)[C@H]1C(=O)N2C(C(=O)[O-])=C(CN3c4ccccc4-c4cc(CC[N+]56CC[N+](CCCO)(CC5)CC6)ccc4S3(=O)=O)[C@H](C)[C@H]12.[Cl-]. The number of hydrogen-bond donors (Lipinski definition) is 2. The number of anilines is 1. The van der Waals surface area contributed by atoms with Crippen molar-refractivity contribution in [1.82, 2.24) is 4.90 Å². The third-order valence-corrected chi connectivity index (χ3v) is 13.5. The molecule has 8 rings (SSSR count). The fraction of sp³-hybridized carbons (Fsp3) is 0.529. The average molecular weight is 687 g/mol. The first-order valence-electron chi connectivity index (χ1n) is 16.4. The Morgan fingerprint density at radius 3 is 2.28 bits per heavy atom. The summed E-state index contributed by atoms with van der Waals surface area (Å²) in [4.78, 5) is 26.5. The van der Waals surface area contributed by atoms with E-state index in [0.29, 0.717) is 16.8 Å². The number of fused-ring (bicyclic) bond motifs is 7. The number of aliphatic carboxylic acids is 1. The minimum absolute atomic E-state index is 0. The van der Waals surface area contributed by atoms with Crippen molar-refractivity contribution >= 4 is 27.6 Å². The molecular formula is C34H43ClN4O7S. The number of hydrogen-bond acceptors (Lipinski definition) is 7. The molecule has 0 unspecified atom stereocenters. The summed E-state index contributed by atoms with van der Waals surface area (Å²) in [5, 5.41) is 31.9. The number of sulfonamides is 1. The first kappa shape index (κ1) is 33.9. The van der Waals surface area contributed by atoms with E-state index in [1.165, 1.54) is 16.1 Å². The van der Waals surface area contributed by atoms with E-state index in [2.05, 4.69) is 0 Å². The van der Waals surface area contributed by atoms with E-state index in [0.717, 1.165) is 85.3 Å². The Morgan fingerprint density at radius 1 is 1.02 bits per heavy atom. The Bertz CT molecular complexity index is 1720. The number of para-hydroxylation sites is 1. The van der Waals surface area contributed by atoms with Crippen molar-refractivity contribution in [3.8, 4) is 11.1 Å². The van der Waals surface area contributed by atoms with Crippen LogP contribution in [0.1, 0.15) is 25.8 Å². The first-order valence-corrected chi connectivity index (χ1v) is 17.9. The molecule has 6 heterocycles. The van der Waals surface area contributed by atoms with Crippen LogP contribution in [0.25, 0.3) is 11.1 Å². The van der Waals surface area contributed by atoms with Crippen molar-refractivity contribution in [3.05, 3.63) is 59.3 Å². The summed E-state index contributed by atoms with van der Waals surface area (Å²) in [6, 6.07) is 12.3. The van der Waals surface area contributed by atoms with Crippen LogP contribution in [0.3, 0.4) is 0 Å². The van der Waals surface area contributed by atoms with Gasteiger partial charge in [0.15, 0.2) is 0 Å². The van der Waals surface area contributed by atoms with Gasteiger partial charge in [-0.25, -0.2) is 8.42 Å². The molecule has 0 aromatic heterocycles. The maximum atomic E-state index is 14.3. The lowest BCUT2D eigenvalue weighted by atomic mass is 9.77. The molecule has 47 heavy (non-hydrogen) atoms. The van der Waals surface area contributed by atoms with Gasteiger partial charge in [-0.2, -0.15) is 0 Å². The zero-order valence-corrected chi connectivity index (χ0v) is 28.4. The number of amides is 1. The van der Waals surface area contributed by atoms with E-state index < -0.39 is 45.9 Å². The lowest BCUT2D eigenvalue weighted by Crippen LogP contribution is -3.00. The molecule has 2 bridgehead atoms. The van der Waals surface area contributed by atoms with E-state index >= 15 is 0 Å². The minimum atomic E-state index is -4.08. The summed E-state index contributed by atoms with van der Waals surface area (Å²) in [6.07, 6.45) is 0.733. The van der Waals surface area contributed by atoms with Gasteiger partial charge in [-0.05, 0) is 36.3 Å². The van der Waals surface area contributed by atoms with E-state index in [1.54, 1.807) is 25.1 Å². The molecule has 1 amide bonds. The number of rotatable bonds is 10. The Kier molecular flexibility index (Phi) is 8.76. The number of piperazine rings is 3. The normalized spacial score (nSPS) is 30.6. The van der Waals surface area contributed by atoms with Crippen LogP contribution in [0.5, 0.6) is 0 Å². The highest BCUT2D eigenvalue weighted by Crippen LogP contribution is 2.49. The van der Waals surface area contributed by atoms with Crippen molar-refractivity contribution < 1.29 is 54.7 Å². The van der Waals surface area contributed by atoms with Gasteiger partial charge in [-0.3, -0.25) is 9.10 Å². The molecule has 0 spiro atoms. The van der Waals surface area contributed by atoms with Gasteiger partial charge in [-0.15, -0.1) is 0 Å². The molecule has 254 valence electrons. The van der Waals surface area contributed by atoms with E-state index in [-0.39, 0.29) is 36.2 Å². The average Bonchev–Trinajstić information content (AvgIpc) is 3.29. The molecule has 4 atom stereocenters. The van der Waals surface area contributed by atoms with Gasteiger partial charge in [0.1, 0.15) is 39.3 Å². The third-order valence-electron chi connectivity index (χ3n) is 11.7. The van der Waals surface area contributed by atoms with Crippen molar-refractivity contribution in [3.63, 3.8) is 0 Å². The van der Waals surface area contributed by atoms with Crippen molar-refractivity contribution in [1.29, 1.82) is 0 Å². The summed E-state index contributed by atoms with van der Waals surface area (Å²) in [7, 11) is -4.08. The second kappa shape index (κ2) is 12.2. The van der Waals surface area contributed by atoms with Crippen LogP contribution in [0.15, 0.2) is 58.6 Å². The van der Waals surface area contributed by atoms with Gasteiger partial charge in [0.25, 0.3) is 10.0 Å². The lowest BCUT2D eigenvalue weighted by molar-refractivity contribution is -1.08. The maximum Gasteiger partial charge on any atom is 0.265 e. The fourth-order valence-corrected chi connectivity index (χ4v) is 10.5. The number of halogens is 1. The number of benzene rings is 2. The number of quaternary nitrogens is 2. The number of aliphatic hydroxyl groups is 2. The summed E-state index contributed by atoms with van der Waals surface area (Å²) >= 11 is 0. The monoisotopic (exact) mass is 686 g/mol. The molecule has 0 aliphatic carbocycles. The van der Waals surface area contributed by atoms with Gasteiger partial charge >= 0.3 is 0 Å². The molecule has 6 aliphatic rings. The molecule has 0 radical (unpaired) electrons. The molecular weight excluding hydrogens is 644 g/mol. The van der Waals surface area contributed by atoms with Crippen LogP contribution in [-0.2, 0) is 26.0 Å². The molecule has 4 fully saturated rings. The molecule has 2 aromatic carbocycles. The number of aliphatic hydroxyl groups excluding tert-OH is 2. The summed E-state index contributed by atoms with van der Waals surface area (Å²) in [5.74, 6) is -3.25. The summed E-state index contributed by atoms with van der Waals surface area (Å²) in [5.41, 5.74) is 2.95. The highest BCUT2D eigenvalue weighted by atomic mass is 35.5. The Labute approximate surface area is 282 Å². The quantitative estimate of drug-likeness (QED) is 0.205. The number of carboxylic acid groups (broad SMARTS) is 1.